The molecular formula is C15H14BrN3O2S. The minimum Gasteiger partial charge on any atom is -0.337 e. The van der Waals surface area contributed by atoms with Gasteiger partial charge in [-0.05, 0) is 40.2 Å². The van der Waals surface area contributed by atoms with Crippen molar-refractivity contribution in [3.63, 3.8) is 0 Å². The first-order chi connectivity index (χ1) is 10.5. The summed E-state index contributed by atoms with van der Waals surface area (Å²) in [7, 11) is 3.47. The zero-order valence-electron chi connectivity index (χ0n) is 12.1. The standard InChI is InChI=1S/C15H14BrN3O2S/c1-18(7-11-6-10(16)8-22-11)14(20)9-3-4-13-12(5-9)17-15(21)19(13)2/h3-6,8H,7H2,1-2H3,(H,17,21). The Hall–Kier alpha value is -1.86. The second kappa shape index (κ2) is 5.73. The fraction of sp³-hybridized carbons (Fsp3) is 0.200. The molecule has 3 rings (SSSR count). The molecule has 5 nitrogen and oxygen atoms in total. The molecular weight excluding hydrogens is 366 g/mol. The van der Waals surface area contributed by atoms with Crippen LogP contribution in [0, 0.1) is 0 Å². The smallest absolute Gasteiger partial charge is 0.326 e. The third-order valence-corrected chi connectivity index (χ3v) is 5.19. The Labute approximate surface area is 139 Å². The van der Waals surface area contributed by atoms with Crippen LogP contribution in [0.25, 0.3) is 11.0 Å². The summed E-state index contributed by atoms with van der Waals surface area (Å²) in [6.07, 6.45) is 0. The molecule has 22 heavy (non-hydrogen) atoms. The number of aryl methyl sites for hydroxylation is 1. The maximum atomic E-state index is 12.5. The van der Waals surface area contributed by atoms with Crippen LogP contribution in [0.15, 0.2) is 38.9 Å². The van der Waals surface area contributed by atoms with Crippen LogP contribution in [0.4, 0.5) is 0 Å². The first-order valence-electron chi connectivity index (χ1n) is 6.63. The normalized spacial score (nSPS) is 11.0. The molecule has 1 N–H and O–H groups in total. The van der Waals surface area contributed by atoms with Crippen LogP contribution in [0.5, 0.6) is 0 Å². The van der Waals surface area contributed by atoms with E-state index < -0.39 is 0 Å². The number of hydrogen-bond donors (Lipinski definition) is 1. The molecule has 1 aromatic carbocycles. The lowest BCUT2D eigenvalue weighted by atomic mass is 10.1. The van der Waals surface area contributed by atoms with Gasteiger partial charge in [-0.3, -0.25) is 9.36 Å². The Morgan fingerprint density at radius 3 is 2.86 bits per heavy atom. The molecule has 0 spiro atoms. The van der Waals surface area contributed by atoms with Crippen molar-refractivity contribution in [3.05, 3.63) is 55.0 Å². The largest absolute Gasteiger partial charge is 0.337 e. The molecule has 0 saturated heterocycles. The van der Waals surface area contributed by atoms with Gasteiger partial charge >= 0.3 is 5.69 Å². The molecule has 114 valence electrons. The lowest BCUT2D eigenvalue weighted by molar-refractivity contribution is 0.0786. The van der Waals surface area contributed by atoms with Crippen molar-refractivity contribution in [2.45, 2.75) is 6.54 Å². The predicted molar refractivity (Wildman–Crippen MR) is 91.4 cm³/mol. The van der Waals surface area contributed by atoms with E-state index in [1.165, 1.54) is 4.57 Å². The molecule has 0 atom stereocenters. The number of aromatic amines is 1. The molecule has 0 unspecified atom stereocenters. The van der Waals surface area contributed by atoms with E-state index >= 15 is 0 Å². The number of nitrogens with one attached hydrogen (secondary N) is 1. The highest BCUT2D eigenvalue weighted by Crippen LogP contribution is 2.21. The number of rotatable bonds is 3. The average Bonchev–Trinajstić information content (AvgIpc) is 3.02. The molecule has 0 aliphatic heterocycles. The minimum absolute atomic E-state index is 0.0730. The zero-order chi connectivity index (χ0) is 15.9. The molecule has 0 aliphatic rings. The topological polar surface area (TPSA) is 58.1 Å². The van der Waals surface area contributed by atoms with Crippen molar-refractivity contribution >= 4 is 44.2 Å². The number of carbonyl (C=O) groups excluding carboxylic acids is 1. The molecule has 1 amide bonds. The lowest BCUT2D eigenvalue weighted by Gasteiger charge is -2.16. The summed E-state index contributed by atoms with van der Waals surface area (Å²) in [5.74, 6) is -0.0730. The molecule has 0 aliphatic carbocycles. The highest BCUT2D eigenvalue weighted by molar-refractivity contribution is 9.10. The van der Waals surface area contributed by atoms with Gasteiger partial charge in [0.05, 0.1) is 17.6 Å². The highest BCUT2D eigenvalue weighted by Gasteiger charge is 2.14. The van der Waals surface area contributed by atoms with Crippen molar-refractivity contribution in [2.24, 2.45) is 7.05 Å². The third kappa shape index (κ3) is 2.74. The SMILES string of the molecule is CN(Cc1cc(Br)cs1)C(=O)c1ccc2c(c1)[nH]c(=O)n2C. The summed E-state index contributed by atoms with van der Waals surface area (Å²) >= 11 is 5.02. The molecule has 0 saturated carbocycles. The van der Waals surface area contributed by atoms with E-state index in [-0.39, 0.29) is 11.6 Å². The monoisotopic (exact) mass is 379 g/mol. The van der Waals surface area contributed by atoms with Gasteiger partial charge in [-0.15, -0.1) is 11.3 Å². The number of aromatic nitrogens is 2. The summed E-state index contributed by atoms with van der Waals surface area (Å²) in [5.41, 5.74) is 1.83. The summed E-state index contributed by atoms with van der Waals surface area (Å²) in [6, 6.07) is 7.26. The van der Waals surface area contributed by atoms with E-state index in [1.807, 2.05) is 11.4 Å². The predicted octanol–water partition coefficient (Wildman–Crippen LogP) is 2.96. The molecule has 2 aromatic heterocycles. The number of fused-ring (bicyclic) bond motifs is 1. The second-order valence-corrected chi connectivity index (χ2v) is 7.03. The van der Waals surface area contributed by atoms with Gasteiger partial charge in [0.15, 0.2) is 0 Å². The van der Waals surface area contributed by atoms with Crippen LogP contribution in [-0.2, 0) is 13.6 Å². The average molecular weight is 380 g/mol. The number of H-pyrrole nitrogens is 1. The summed E-state index contributed by atoms with van der Waals surface area (Å²) in [5, 5.41) is 1.99. The number of hydrogen-bond acceptors (Lipinski definition) is 3. The van der Waals surface area contributed by atoms with Crippen molar-refractivity contribution in [1.82, 2.24) is 14.5 Å². The van der Waals surface area contributed by atoms with Gasteiger partial charge in [0.1, 0.15) is 0 Å². The van der Waals surface area contributed by atoms with Gasteiger partial charge in [0.2, 0.25) is 0 Å². The molecule has 0 radical (unpaired) electrons. The van der Waals surface area contributed by atoms with E-state index in [2.05, 4.69) is 20.9 Å². The van der Waals surface area contributed by atoms with Gasteiger partial charge in [0, 0.05) is 34.4 Å². The van der Waals surface area contributed by atoms with E-state index in [0.717, 1.165) is 14.9 Å². The number of benzene rings is 1. The van der Waals surface area contributed by atoms with E-state index in [9.17, 15) is 9.59 Å². The van der Waals surface area contributed by atoms with Gasteiger partial charge in [-0.2, -0.15) is 0 Å². The van der Waals surface area contributed by atoms with Gasteiger partial charge in [-0.1, -0.05) is 0 Å². The Bertz CT molecular complexity index is 909. The van der Waals surface area contributed by atoms with Crippen LogP contribution in [0.3, 0.4) is 0 Å². The fourth-order valence-electron chi connectivity index (χ4n) is 2.33. The van der Waals surface area contributed by atoms with Crippen molar-refractivity contribution < 1.29 is 4.79 Å². The van der Waals surface area contributed by atoms with Gasteiger partial charge in [0.25, 0.3) is 5.91 Å². The Balaban J connectivity index is 1.86. The van der Waals surface area contributed by atoms with Crippen LogP contribution in [0.2, 0.25) is 0 Å². The third-order valence-electron chi connectivity index (χ3n) is 3.51. The number of nitrogens with zero attached hydrogens (tertiary/aromatic N) is 2. The van der Waals surface area contributed by atoms with Crippen molar-refractivity contribution in [2.75, 3.05) is 7.05 Å². The summed E-state index contributed by atoms with van der Waals surface area (Å²) < 4.78 is 2.55. The Kier molecular flexibility index (Phi) is 3.92. The minimum atomic E-state index is -0.184. The molecule has 0 bridgehead atoms. The lowest BCUT2D eigenvalue weighted by Crippen LogP contribution is -2.25. The number of carbonyl (C=O) groups is 1. The zero-order valence-corrected chi connectivity index (χ0v) is 14.5. The quantitative estimate of drug-likeness (QED) is 0.760. The number of thiophene rings is 1. The number of amides is 1. The first kappa shape index (κ1) is 15.1. The Morgan fingerprint density at radius 1 is 1.41 bits per heavy atom. The van der Waals surface area contributed by atoms with Crippen LogP contribution < -0.4 is 5.69 Å². The van der Waals surface area contributed by atoms with Gasteiger partial charge < -0.3 is 9.88 Å². The number of halogens is 1. The van der Waals surface area contributed by atoms with E-state index in [0.29, 0.717) is 17.6 Å². The van der Waals surface area contributed by atoms with Crippen LogP contribution in [-0.4, -0.2) is 27.4 Å². The van der Waals surface area contributed by atoms with E-state index in [1.54, 1.807) is 48.5 Å². The Morgan fingerprint density at radius 2 is 2.18 bits per heavy atom. The highest BCUT2D eigenvalue weighted by atomic mass is 79.9. The maximum Gasteiger partial charge on any atom is 0.326 e. The number of imidazole rings is 1. The summed E-state index contributed by atoms with van der Waals surface area (Å²) in [6.45, 7) is 0.554. The van der Waals surface area contributed by atoms with Crippen LogP contribution >= 0.6 is 27.3 Å². The van der Waals surface area contributed by atoms with Crippen LogP contribution in [0.1, 0.15) is 15.2 Å². The van der Waals surface area contributed by atoms with Crippen molar-refractivity contribution in [1.29, 1.82) is 0 Å². The van der Waals surface area contributed by atoms with Gasteiger partial charge in [-0.25, -0.2) is 4.79 Å². The summed E-state index contributed by atoms with van der Waals surface area (Å²) in [4.78, 5) is 29.6. The molecule has 3 aromatic rings. The fourth-order valence-corrected chi connectivity index (χ4v) is 3.84. The molecule has 0 fully saturated rings. The van der Waals surface area contributed by atoms with E-state index in [4.69, 9.17) is 0 Å². The first-order valence-corrected chi connectivity index (χ1v) is 8.30. The van der Waals surface area contributed by atoms with Crippen molar-refractivity contribution in [3.8, 4) is 0 Å². The molecule has 2 heterocycles. The second-order valence-electron chi connectivity index (χ2n) is 5.11. The molecule has 7 heteroatoms. The maximum absolute atomic E-state index is 12.5.